The van der Waals surface area contributed by atoms with Gasteiger partial charge in [-0.15, -0.1) is 11.3 Å². The average molecular weight is 204 g/mol. The topological polar surface area (TPSA) is 38.9 Å². The Morgan fingerprint density at radius 2 is 1.86 bits per heavy atom. The summed E-state index contributed by atoms with van der Waals surface area (Å²) in [5.74, 6) is 0. The number of nitrogens with zero attached hydrogens (tertiary/aromatic N) is 1. The lowest BCUT2D eigenvalue weighted by atomic mass is 10.0. The highest BCUT2D eigenvalue weighted by Crippen LogP contribution is 2.28. The maximum absolute atomic E-state index is 5.62. The molecule has 1 aromatic heterocycles. The molecule has 2 N–H and O–H groups in total. The Labute approximate surface area is 87.4 Å². The summed E-state index contributed by atoms with van der Waals surface area (Å²) < 4.78 is 0. The number of hydrogen-bond donors (Lipinski definition) is 1. The van der Waals surface area contributed by atoms with Crippen LogP contribution < -0.4 is 5.73 Å². The summed E-state index contributed by atoms with van der Waals surface area (Å²) >= 11 is 1.48. The van der Waals surface area contributed by atoms with Gasteiger partial charge in [0.15, 0.2) is 5.13 Å². The number of aromatic nitrogens is 1. The fraction of sp³-hybridized carbons (Fsp3) is 0.182. The molecule has 2 rings (SSSR count). The van der Waals surface area contributed by atoms with Gasteiger partial charge in [-0.2, -0.15) is 0 Å². The van der Waals surface area contributed by atoms with Crippen molar-refractivity contribution in [2.45, 2.75) is 13.8 Å². The van der Waals surface area contributed by atoms with Crippen LogP contribution in [-0.2, 0) is 0 Å². The number of thiazole rings is 1. The molecule has 0 aliphatic rings. The molecule has 0 radical (unpaired) electrons. The fourth-order valence-corrected chi connectivity index (χ4v) is 2.17. The summed E-state index contributed by atoms with van der Waals surface area (Å²) in [5.41, 5.74) is 10.3. The molecule has 0 atom stereocenters. The van der Waals surface area contributed by atoms with Crippen LogP contribution in [0.2, 0.25) is 0 Å². The second-order valence-corrected chi connectivity index (χ2v) is 4.23. The minimum absolute atomic E-state index is 0.627. The zero-order valence-corrected chi connectivity index (χ0v) is 9.06. The molecule has 0 saturated heterocycles. The Balaban J connectivity index is 2.61. The van der Waals surface area contributed by atoms with Crippen molar-refractivity contribution in [3.63, 3.8) is 0 Å². The molecule has 0 aliphatic heterocycles. The zero-order chi connectivity index (χ0) is 10.1. The lowest BCUT2D eigenvalue weighted by Crippen LogP contribution is -1.88. The van der Waals surface area contributed by atoms with Crippen LogP contribution in [0, 0.1) is 13.8 Å². The molecule has 0 amide bonds. The second-order valence-electron chi connectivity index (χ2n) is 3.34. The maximum Gasteiger partial charge on any atom is 0.180 e. The van der Waals surface area contributed by atoms with Gasteiger partial charge in [0.2, 0.25) is 0 Å². The normalized spacial score (nSPS) is 10.4. The molecule has 0 fully saturated rings. The fourth-order valence-electron chi connectivity index (χ4n) is 1.62. The van der Waals surface area contributed by atoms with Gasteiger partial charge in [0.05, 0.1) is 5.69 Å². The van der Waals surface area contributed by atoms with Crippen molar-refractivity contribution in [1.82, 2.24) is 4.98 Å². The van der Waals surface area contributed by atoms with Crippen molar-refractivity contribution in [1.29, 1.82) is 0 Å². The van der Waals surface area contributed by atoms with E-state index in [1.807, 2.05) is 5.38 Å². The van der Waals surface area contributed by atoms with Crippen molar-refractivity contribution in [2.75, 3.05) is 5.73 Å². The van der Waals surface area contributed by atoms with Gasteiger partial charge in [0.25, 0.3) is 0 Å². The minimum atomic E-state index is 0.627. The van der Waals surface area contributed by atoms with Gasteiger partial charge < -0.3 is 5.73 Å². The standard InChI is InChI=1S/C11H12N2S/c1-7-4-3-5-8(2)10(7)9-6-14-11(12)13-9/h3-6H,1-2H3,(H2,12,13). The quantitative estimate of drug-likeness (QED) is 0.775. The molecule has 1 aromatic carbocycles. The molecule has 0 bridgehead atoms. The molecule has 0 aliphatic carbocycles. The van der Waals surface area contributed by atoms with Crippen molar-refractivity contribution >= 4 is 16.5 Å². The smallest absolute Gasteiger partial charge is 0.180 e. The number of nitrogen functional groups attached to an aromatic ring is 1. The molecule has 14 heavy (non-hydrogen) atoms. The lowest BCUT2D eigenvalue weighted by molar-refractivity contribution is 1.33. The van der Waals surface area contributed by atoms with Crippen molar-refractivity contribution in [3.8, 4) is 11.3 Å². The largest absolute Gasteiger partial charge is 0.375 e. The Morgan fingerprint density at radius 3 is 2.36 bits per heavy atom. The number of nitrogens with two attached hydrogens (primary N) is 1. The summed E-state index contributed by atoms with van der Waals surface area (Å²) in [6.45, 7) is 4.19. The van der Waals surface area contributed by atoms with E-state index < -0.39 is 0 Å². The van der Waals surface area contributed by atoms with Gasteiger partial charge in [-0.05, 0) is 25.0 Å². The Hall–Kier alpha value is -1.35. The van der Waals surface area contributed by atoms with E-state index in [4.69, 9.17) is 5.73 Å². The van der Waals surface area contributed by atoms with Crippen molar-refractivity contribution < 1.29 is 0 Å². The van der Waals surface area contributed by atoms with E-state index in [0.29, 0.717) is 5.13 Å². The van der Waals surface area contributed by atoms with E-state index in [1.165, 1.54) is 28.0 Å². The number of rotatable bonds is 1. The van der Waals surface area contributed by atoms with E-state index in [2.05, 4.69) is 37.0 Å². The minimum Gasteiger partial charge on any atom is -0.375 e. The molecule has 2 nitrogen and oxygen atoms in total. The molecule has 0 spiro atoms. The van der Waals surface area contributed by atoms with Gasteiger partial charge in [-0.25, -0.2) is 4.98 Å². The van der Waals surface area contributed by atoms with E-state index in [1.54, 1.807) is 0 Å². The third-order valence-corrected chi connectivity index (χ3v) is 2.93. The first-order chi connectivity index (χ1) is 6.68. The Kier molecular flexibility index (Phi) is 2.25. The molecule has 0 unspecified atom stereocenters. The third-order valence-electron chi connectivity index (χ3n) is 2.26. The first kappa shape index (κ1) is 9.21. The lowest BCUT2D eigenvalue weighted by Gasteiger charge is -2.05. The van der Waals surface area contributed by atoms with Gasteiger partial charge in [0.1, 0.15) is 0 Å². The predicted molar refractivity (Wildman–Crippen MR) is 61.4 cm³/mol. The molecule has 1 heterocycles. The molecule has 3 heteroatoms. The number of benzene rings is 1. The summed E-state index contributed by atoms with van der Waals surface area (Å²) in [6.07, 6.45) is 0. The van der Waals surface area contributed by atoms with E-state index >= 15 is 0 Å². The van der Waals surface area contributed by atoms with Gasteiger partial charge >= 0.3 is 0 Å². The highest BCUT2D eigenvalue weighted by Gasteiger charge is 2.07. The highest BCUT2D eigenvalue weighted by molar-refractivity contribution is 7.13. The van der Waals surface area contributed by atoms with E-state index in [-0.39, 0.29) is 0 Å². The first-order valence-corrected chi connectivity index (χ1v) is 5.34. The van der Waals surface area contributed by atoms with Crippen LogP contribution in [0.3, 0.4) is 0 Å². The van der Waals surface area contributed by atoms with Crippen LogP contribution in [-0.4, -0.2) is 4.98 Å². The summed E-state index contributed by atoms with van der Waals surface area (Å²) in [4.78, 5) is 4.30. The molecular formula is C11H12N2S. The Morgan fingerprint density at radius 1 is 1.21 bits per heavy atom. The van der Waals surface area contributed by atoms with Crippen LogP contribution >= 0.6 is 11.3 Å². The first-order valence-electron chi connectivity index (χ1n) is 4.46. The summed E-state index contributed by atoms with van der Waals surface area (Å²) in [7, 11) is 0. The Bertz CT molecular complexity index is 440. The van der Waals surface area contributed by atoms with Crippen LogP contribution in [0.15, 0.2) is 23.6 Å². The van der Waals surface area contributed by atoms with E-state index in [9.17, 15) is 0 Å². The number of hydrogen-bond acceptors (Lipinski definition) is 3. The van der Waals surface area contributed by atoms with Crippen LogP contribution in [0.25, 0.3) is 11.3 Å². The molecule has 0 saturated carbocycles. The highest BCUT2D eigenvalue weighted by atomic mass is 32.1. The molecule has 72 valence electrons. The van der Waals surface area contributed by atoms with E-state index in [0.717, 1.165) is 5.69 Å². The molecule has 2 aromatic rings. The predicted octanol–water partition coefficient (Wildman–Crippen LogP) is 3.01. The second kappa shape index (κ2) is 3.42. The number of anilines is 1. The van der Waals surface area contributed by atoms with Crippen LogP contribution in [0.4, 0.5) is 5.13 Å². The van der Waals surface area contributed by atoms with Crippen molar-refractivity contribution in [3.05, 3.63) is 34.7 Å². The van der Waals surface area contributed by atoms with Gasteiger partial charge in [0, 0.05) is 10.9 Å². The van der Waals surface area contributed by atoms with Gasteiger partial charge in [-0.3, -0.25) is 0 Å². The average Bonchev–Trinajstić information content (AvgIpc) is 2.51. The third kappa shape index (κ3) is 1.51. The number of aryl methyl sites for hydroxylation is 2. The maximum atomic E-state index is 5.62. The molecular weight excluding hydrogens is 192 g/mol. The van der Waals surface area contributed by atoms with Crippen molar-refractivity contribution in [2.24, 2.45) is 0 Å². The van der Waals surface area contributed by atoms with Gasteiger partial charge in [-0.1, -0.05) is 18.2 Å². The monoisotopic (exact) mass is 204 g/mol. The summed E-state index contributed by atoms with van der Waals surface area (Å²) in [5, 5.41) is 2.63. The van der Waals surface area contributed by atoms with Crippen LogP contribution in [0.1, 0.15) is 11.1 Å². The van der Waals surface area contributed by atoms with Crippen LogP contribution in [0.5, 0.6) is 0 Å². The summed E-state index contributed by atoms with van der Waals surface area (Å²) in [6, 6.07) is 6.25. The SMILES string of the molecule is Cc1cccc(C)c1-c1csc(N)n1. The zero-order valence-electron chi connectivity index (χ0n) is 8.24.